The van der Waals surface area contributed by atoms with E-state index in [9.17, 15) is 162 Å². The largest absolute Gasteiger partial charge is 0.477 e. The monoisotopic (exact) mass is 1730 g/mol. The maximum atomic E-state index is 13.1. The molecule has 118 heavy (non-hydrogen) atoms. The molecule has 0 saturated carbocycles. The van der Waals surface area contributed by atoms with Crippen molar-refractivity contribution in [2.75, 3.05) is 59.5 Å². The predicted octanol–water partition coefficient (Wildman–Crippen LogP) is -20.8. The van der Waals surface area contributed by atoms with Crippen molar-refractivity contribution >= 4 is 29.6 Å². The smallest absolute Gasteiger partial charge is 0.364 e. The van der Waals surface area contributed by atoms with Crippen LogP contribution in [0.1, 0.15) is 34.1 Å². The van der Waals surface area contributed by atoms with Gasteiger partial charge in [-0.2, -0.15) is 0 Å². The first-order valence-corrected chi connectivity index (χ1v) is 37.3. The quantitative estimate of drug-likeness (QED) is 0.0297. The van der Waals surface area contributed by atoms with Gasteiger partial charge in [0.1, 0.15) is 214 Å². The first kappa shape index (κ1) is 97.4. The van der Waals surface area contributed by atoms with Gasteiger partial charge in [-0.25, -0.2) is 4.79 Å². The van der Waals surface area contributed by atoms with Crippen molar-refractivity contribution in [2.24, 2.45) is 0 Å². The van der Waals surface area contributed by atoms with Gasteiger partial charge in [0.25, 0.3) is 5.79 Å². The molecular weight excluding hydrogens is 1620 g/mol. The van der Waals surface area contributed by atoms with E-state index in [1.807, 2.05) is 0 Å². The van der Waals surface area contributed by atoms with E-state index >= 15 is 0 Å². The van der Waals surface area contributed by atoms with Crippen LogP contribution >= 0.6 is 0 Å². The fourth-order valence-corrected chi connectivity index (χ4v) is 14.9. The molecule has 0 spiro atoms. The number of ether oxygens (including phenoxy) is 17. The Morgan fingerprint density at radius 1 is 0.381 bits per heavy atom. The van der Waals surface area contributed by atoms with Crippen molar-refractivity contribution in [1.82, 2.24) is 21.3 Å². The molecule has 9 fully saturated rings. The summed E-state index contributed by atoms with van der Waals surface area (Å²) >= 11 is 0. The molecule has 53 heteroatoms. The van der Waals surface area contributed by atoms with Crippen LogP contribution in [0.4, 0.5) is 0 Å². The Labute approximate surface area is 666 Å². The average molecular weight is 1730 g/mol. The molecule has 9 rings (SSSR count). The molecule has 53 nitrogen and oxygen atoms in total. The van der Waals surface area contributed by atoms with Gasteiger partial charge in [0.05, 0.1) is 71.1 Å². The van der Waals surface area contributed by atoms with Gasteiger partial charge in [0.15, 0.2) is 50.3 Å². The molecule has 0 radical (unpaired) electrons. The third-order valence-corrected chi connectivity index (χ3v) is 21.4. The van der Waals surface area contributed by atoms with Gasteiger partial charge in [-0.15, -0.1) is 0 Å². The van der Waals surface area contributed by atoms with Crippen molar-refractivity contribution < 1.29 is 242 Å². The molecule has 0 aromatic carbocycles. The number of rotatable bonds is 32. The van der Waals surface area contributed by atoms with Gasteiger partial charge in [0.2, 0.25) is 23.6 Å². The highest BCUT2D eigenvalue weighted by atomic mass is 16.8. The molecule has 0 aromatic heterocycles. The Kier molecular flexibility index (Phi) is 34.7. The minimum Gasteiger partial charge on any atom is -0.477 e. The average Bonchev–Trinajstić information content (AvgIpc) is 0.746. The Morgan fingerprint density at radius 3 is 1.28 bits per heavy atom. The van der Waals surface area contributed by atoms with Crippen LogP contribution in [0.5, 0.6) is 0 Å². The number of aliphatic hydroxyl groups excluding tert-OH is 26. The molecule has 9 aliphatic rings. The number of nitrogens with one attached hydrogen (secondary N) is 4. The highest BCUT2D eigenvalue weighted by molar-refractivity contribution is 5.78. The number of carboxylic acids is 1. The van der Waals surface area contributed by atoms with Gasteiger partial charge in [-0.3, -0.25) is 19.2 Å². The lowest BCUT2D eigenvalue weighted by molar-refractivity contribution is -0.389. The number of amides is 4. The standard InChI is InChI=1S/C65H108N4O49/c1-15-33(82)42(91)46(95)59(105-15)102-13-27-52(39(88)30(56(99)106-27)66-16(2)76)113-57-31(67-17(3)77)40(89)51(24(10-74)109-57)115-62-49(98)54(116-60-47(96)43(92)35(84)21(7-71)107-60)38(87)25(111-62)12-103-63-55(45(94)36(85)22(8-72)108-63)117-58-32(68-18(4)78)41(90)50(23(9-73)110-58)114-61-48(97)44(93)37(86)26(112-61)14-104-65(64(100)101)5-19(79)29(69-28(81)11-75)53(118-65)34(83)20(80)6-70/h15,19-27,29-63,70-75,79-80,82-99H,5-14H2,1-4H3,(H,66,76)(H,67,77)(H,68,78)(H,69,81)(H,100,101)/t15-,19-,20+,21+,22+,23+,24+,25+,26+,27+,29+,30+,31+,32+,33+,34+,35+,36+,37-,38+,39+,40+,41+,42+,43-,44-,45-,46-,47-,48+,49-,50+,51+,52+,53+,54-,55-,56+,57-,58-,59+,60+,61-,62-,63-,65+/m0/s1. The number of aliphatic carboxylic acids is 1. The second-order valence-corrected chi connectivity index (χ2v) is 29.7. The number of carbonyl (C=O) groups excluding carboxylic acids is 4. The van der Waals surface area contributed by atoms with E-state index in [0.29, 0.717) is 0 Å². The zero-order chi connectivity index (χ0) is 87.3. The molecule has 0 aliphatic carbocycles. The molecule has 9 aliphatic heterocycles. The number of carboxylic acid groups (broad SMARTS) is 1. The minimum absolute atomic E-state index is 0.825. The fraction of sp³-hybridized carbons (Fsp3) is 0.923. The molecule has 4 amide bonds. The molecule has 0 aromatic rings. The van der Waals surface area contributed by atoms with Crippen LogP contribution in [-0.2, 0) is 104 Å². The van der Waals surface area contributed by atoms with Crippen molar-refractivity contribution in [1.29, 1.82) is 0 Å². The summed E-state index contributed by atoms with van der Waals surface area (Å²) in [6.45, 7) is -6.12. The first-order chi connectivity index (χ1) is 55.6. The number of carbonyl (C=O) groups is 5. The van der Waals surface area contributed by atoms with E-state index in [1.165, 1.54) is 6.92 Å². The number of aliphatic hydroxyl groups is 26. The highest BCUT2D eigenvalue weighted by Crippen LogP contribution is 2.40. The van der Waals surface area contributed by atoms with Gasteiger partial charge < -0.3 is 240 Å². The summed E-state index contributed by atoms with van der Waals surface area (Å²) in [5.74, 6) is -9.18. The maximum Gasteiger partial charge on any atom is 0.364 e. The summed E-state index contributed by atoms with van der Waals surface area (Å²) in [6.07, 6.45) is -86.9. The first-order valence-electron chi connectivity index (χ1n) is 37.3. The second-order valence-electron chi connectivity index (χ2n) is 29.7. The molecule has 0 unspecified atom stereocenters. The van der Waals surface area contributed by atoms with Crippen LogP contribution < -0.4 is 21.3 Å². The molecule has 9 heterocycles. The van der Waals surface area contributed by atoms with E-state index < -0.39 is 377 Å². The molecule has 46 atom stereocenters. The maximum absolute atomic E-state index is 13.1. The Bertz CT molecular complexity index is 3210. The van der Waals surface area contributed by atoms with E-state index in [-0.39, 0.29) is 0 Å². The Morgan fingerprint density at radius 2 is 0.780 bits per heavy atom. The van der Waals surface area contributed by atoms with Gasteiger partial charge in [0, 0.05) is 27.2 Å². The lowest BCUT2D eigenvalue weighted by atomic mass is 9.88. The molecular formula is C65H108N4O49. The summed E-state index contributed by atoms with van der Waals surface area (Å²) in [4.78, 5) is 63.6. The second kappa shape index (κ2) is 42.1. The fourth-order valence-electron chi connectivity index (χ4n) is 14.9. The predicted molar refractivity (Wildman–Crippen MR) is 361 cm³/mol. The third kappa shape index (κ3) is 21.6. The summed E-state index contributed by atoms with van der Waals surface area (Å²) < 4.78 is 99.4. The third-order valence-electron chi connectivity index (χ3n) is 21.4. The van der Waals surface area contributed by atoms with E-state index in [0.717, 1.165) is 20.8 Å². The van der Waals surface area contributed by atoms with Gasteiger partial charge >= 0.3 is 5.97 Å². The lowest BCUT2D eigenvalue weighted by Gasteiger charge is -2.50. The minimum atomic E-state index is -3.13. The molecule has 682 valence electrons. The highest BCUT2D eigenvalue weighted by Gasteiger charge is 2.62. The SMILES string of the molecule is CC(=O)N[C@@H]1[C@@H](O)[C@H](O[C@@H]2O[C@H](CO)[C@@H](O[C@@H]3O[C@H](CO[C@H]4O[C@H](CO)[C@@H](O)[C@H](O)[C@@H]4O[C@@H]4O[C@H](CO)[C@@H](O[C@@H]5O[C@H](CO[C@]6(C(=O)O)C[C@H](O)[C@@H](NC(=O)CO)[C@H]([C@H](O)[C@H](O)CO)O6)[C@H](O)[C@H](O)[C@H]5O)[C@H](O)[C@H]4NC(C)=O)[C@@H](O)[C@H](O[C@H]4O[C@H](CO)[C@@H](O)[C@H](O)[C@@H]4O)[C@@H]3O)[C@H](O)[C@H]2NC(C)=O)[C@@H](CO[C@@H]2O[C@@H](C)[C@@H](O)[C@@H](O)[C@@H]2O)O[C@H]1O. The molecule has 31 N–H and O–H groups in total. The summed E-state index contributed by atoms with van der Waals surface area (Å²) in [7, 11) is 0. The van der Waals surface area contributed by atoms with Crippen LogP contribution in [-0.4, -0.2) is 509 Å². The summed E-state index contributed by atoms with van der Waals surface area (Å²) in [5, 5.41) is 306. The van der Waals surface area contributed by atoms with Crippen molar-refractivity contribution in [3.8, 4) is 0 Å². The van der Waals surface area contributed by atoms with Crippen LogP contribution in [0.3, 0.4) is 0 Å². The topological polar surface area (TPSA) is 837 Å². The number of hydrogen-bond donors (Lipinski definition) is 31. The zero-order valence-corrected chi connectivity index (χ0v) is 63.1. The molecule has 9 saturated heterocycles. The van der Waals surface area contributed by atoms with Crippen molar-refractivity contribution in [2.45, 2.75) is 316 Å². The van der Waals surface area contributed by atoms with Crippen LogP contribution in [0.25, 0.3) is 0 Å². The summed E-state index contributed by atoms with van der Waals surface area (Å²) in [5.41, 5.74) is 0. The van der Waals surface area contributed by atoms with Crippen molar-refractivity contribution in [3.63, 3.8) is 0 Å². The van der Waals surface area contributed by atoms with E-state index in [2.05, 4.69) is 21.3 Å². The molecule has 0 bridgehead atoms. The van der Waals surface area contributed by atoms with Crippen LogP contribution in [0.15, 0.2) is 0 Å². The van der Waals surface area contributed by atoms with Crippen molar-refractivity contribution in [3.05, 3.63) is 0 Å². The lowest BCUT2D eigenvalue weighted by Crippen LogP contribution is -2.70. The normalized spacial score (nSPS) is 47.6. The van der Waals surface area contributed by atoms with Crippen LogP contribution in [0.2, 0.25) is 0 Å². The Balaban J connectivity index is 0.960. The Hall–Kier alpha value is -4.37. The van der Waals surface area contributed by atoms with Gasteiger partial charge in [-0.05, 0) is 6.92 Å². The summed E-state index contributed by atoms with van der Waals surface area (Å²) in [6, 6.07) is -7.52. The van der Waals surface area contributed by atoms with Gasteiger partial charge in [-0.1, -0.05) is 0 Å². The van der Waals surface area contributed by atoms with E-state index in [4.69, 9.17) is 80.5 Å². The zero-order valence-electron chi connectivity index (χ0n) is 63.1. The van der Waals surface area contributed by atoms with E-state index in [1.54, 1.807) is 0 Å². The number of hydrogen-bond acceptors (Lipinski definition) is 48. The van der Waals surface area contributed by atoms with Crippen LogP contribution in [0, 0.1) is 0 Å².